The molecule has 1 heterocycles. The molecular weight excluding hydrogens is 619 g/mol. The summed E-state index contributed by atoms with van der Waals surface area (Å²) in [6.45, 7) is 0.0645. The first-order chi connectivity index (χ1) is 22.1. The number of nitrogens with two attached hydrogens (primary N) is 1. The van der Waals surface area contributed by atoms with Crippen LogP contribution < -0.4 is 21.4 Å². The Morgan fingerprint density at radius 3 is 2.46 bits per heavy atom. The highest BCUT2D eigenvalue weighted by molar-refractivity contribution is 7.22. The Bertz CT molecular complexity index is 1890. The average molecular weight is 646 g/mol. The molecule has 4 aromatic rings. The van der Waals surface area contributed by atoms with E-state index >= 15 is 0 Å². The molecule has 1 aliphatic rings. The van der Waals surface area contributed by atoms with Crippen LogP contribution in [0, 0.1) is 16.9 Å². The van der Waals surface area contributed by atoms with E-state index in [1.54, 1.807) is 18.2 Å². The third kappa shape index (κ3) is 7.19. The number of carbonyl (C=O) groups is 2. The summed E-state index contributed by atoms with van der Waals surface area (Å²) in [5, 5.41) is 20.5. The molecule has 0 spiro atoms. The number of nitrogens with one attached hydrogen (secondary N) is 3. The van der Waals surface area contributed by atoms with Gasteiger partial charge in [-0.3, -0.25) is 20.3 Å². The fraction of sp³-hybridized carbons (Fsp3) is 0.194. The van der Waals surface area contributed by atoms with Crippen LogP contribution in [0.2, 0.25) is 0 Å². The maximum atomic E-state index is 13.7. The molecule has 3 aromatic carbocycles. The van der Waals surface area contributed by atoms with Gasteiger partial charge in [-0.05, 0) is 78.8 Å². The number of anilines is 2. The molecule has 1 aromatic heterocycles. The summed E-state index contributed by atoms with van der Waals surface area (Å²) in [4.78, 5) is 31.8. The van der Waals surface area contributed by atoms with Gasteiger partial charge in [0.05, 0.1) is 34.0 Å². The van der Waals surface area contributed by atoms with E-state index < -0.39 is 29.2 Å². The van der Waals surface area contributed by atoms with Crippen molar-refractivity contribution >= 4 is 55.8 Å². The number of halogens is 3. The Morgan fingerprint density at radius 2 is 1.85 bits per heavy atom. The highest BCUT2D eigenvalue weighted by atomic mass is 32.1. The van der Waals surface area contributed by atoms with Crippen LogP contribution in [0.4, 0.5) is 28.8 Å². The molecule has 0 atom stereocenters. The van der Waals surface area contributed by atoms with Gasteiger partial charge in [-0.25, -0.2) is 15.3 Å². The van der Waals surface area contributed by atoms with Crippen LogP contribution in [0.3, 0.4) is 0 Å². The van der Waals surface area contributed by atoms with E-state index in [0.29, 0.717) is 16.0 Å². The third-order valence-electron chi connectivity index (χ3n) is 7.26. The summed E-state index contributed by atoms with van der Waals surface area (Å²) in [5.74, 6) is 4.14. The number of allylic oxidation sites excluding steroid dienone is 2. The van der Waals surface area contributed by atoms with Gasteiger partial charge in [0, 0.05) is 11.3 Å². The lowest BCUT2D eigenvalue weighted by molar-refractivity contribution is -0.137. The lowest BCUT2D eigenvalue weighted by atomic mass is 9.93. The lowest BCUT2D eigenvalue weighted by Gasteiger charge is -2.23. The van der Waals surface area contributed by atoms with Gasteiger partial charge < -0.3 is 5.84 Å². The van der Waals surface area contributed by atoms with Crippen LogP contribution >= 0.6 is 11.3 Å². The number of rotatable bonds is 6. The van der Waals surface area contributed by atoms with Crippen LogP contribution in [0.1, 0.15) is 58.3 Å². The Balaban J connectivity index is 1.43. The Kier molecular flexibility index (Phi) is 9.38. The fourth-order valence-corrected chi connectivity index (χ4v) is 5.83. The molecule has 0 saturated carbocycles. The van der Waals surface area contributed by atoms with Gasteiger partial charge in [0.15, 0.2) is 5.13 Å². The number of aromatic nitrogens is 1. The number of alkyl halides is 3. The van der Waals surface area contributed by atoms with Gasteiger partial charge in [-0.2, -0.15) is 18.4 Å². The van der Waals surface area contributed by atoms with Crippen molar-refractivity contribution in [2.75, 3.05) is 10.2 Å². The van der Waals surface area contributed by atoms with Crippen molar-refractivity contribution in [3.05, 3.63) is 94.6 Å². The topological polar surface area (TPSA) is 173 Å². The third-order valence-corrected chi connectivity index (χ3v) is 8.20. The molecular formula is C31H26F3N9O2S. The number of benzene rings is 3. The van der Waals surface area contributed by atoms with Crippen LogP contribution in [0.25, 0.3) is 15.8 Å². The number of nitriles is 1. The number of thiazole rings is 1. The number of urea groups is 1. The number of amides is 3. The smallest absolute Gasteiger partial charge is 0.320 e. The van der Waals surface area contributed by atoms with Crippen LogP contribution in [0.15, 0.2) is 77.0 Å². The van der Waals surface area contributed by atoms with E-state index in [4.69, 9.17) is 11.4 Å². The van der Waals surface area contributed by atoms with Gasteiger partial charge in [0.1, 0.15) is 0 Å². The minimum atomic E-state index is -4.74. The summed E-state index contributed by atoms with van der Waals surface area (Å²) in [6, 6.07) is 16.7. The van der Waals surface area contributed by atoms with E-state index in [1.807, 2.05) is 24.3 Å². The molecule has 15 heteroatoms. The summed E-state index contributed by atoms with van der Waals surface area (Å²) >= 11 is 0.949. The zero-order valence-electron chi connectivity index (χ0n) is 24.1. The molecule has 3 amide bonds. The van der Waals surface area contributed by atoms with Crippen molar-refractivity contribution in [3.63, 3.8) is 0 Å². The summed E-state index contributed by atoms with van der Waals surface area (Å²) in [6.07, 6.45) is 1.72. The summed E-state index contributed by atoms with van der Waals surface area (Å²) < 4.78 is 40.8. The molecule has 1 aliphatic carbocycles. The van der Waals surface area contributed by atoms with Gasteiger partial charge in [-0.15, -0.1) is 10.2 Å². The molecule has 5 rings (SSSR count). The molecule has 46 heavy (non-hydrogen) atoms. The number of hydrogen-bond acceptors (Lipinski definition) is 8. The van der Waals surface area contributed by atoms with Gasteiger partial charge in [0.25, 0.3) is 11.9 Å². The monoisotopic (exact) mass is 645 g/mol. The quantitative estimate of drug-likeness (QED) is 0.0562. The number of fused-ring (bicyclic) bond motifs is 1. The Hall–Kier alpha value is -5.62. The predicted molar refractivity (Wildman–Crippen MR) is 168 cm³/mol. The SMILES string of the molecule is N#Cc1cc2sc(NC(=O)N(Cc3ccc(C(=O)N/C(N=N)=N/N)cc3)c3ccc(C4=CCCCC4)cc3)nc2cc1C(F)(F)F. The van der Waals surface area contributed by atoms with Gasteiger partial charge in [0.2, 0.25) is 0 Å². The van der Waals surface area contributed by atoms with E-state index in [1.165, 1.54) is 22.6 Å². The maximum Gasteiger partial charge on any atom is 0.417 e. The maximum absolute atomic E-state index is 13.7. The van der Waals surface area contributed by atoms with Crippen LogP contribution in [0.5, 0.6) is 0 Å². The zero-order chi connectivity index (χ0) is 32.8. The molecule has 0 unspecified atom stereocenters. The Labute approximate surface area is 264 Å². The second-order valence-electron chi connectivity index (χ2n) is 10.2. The first kappa shape index (κ1) is 31.8. The van der Waals surface area contributed by atoms with E-state index in [0.717, 1.165) is 54.7 Å². The molecule has 0 fully saturated rings. The van der Waals surface area contributed by atoms with Crippen LogP contribution in [-0.4, -0.2) is 22.9 Å². The number of hydrazone groups is 1. The van der Waals surface area contributed by atoms with Gasteiger partial charge >= 0.3 is 12.2 Å². The fourth-order valence-electron chi connectivity index (χ4n) is 4.96. The molecule has 0 aliphatic heterocycles. The first-order valence-corrected chi connectivity index (χ1v) is 14.8. The molecule has 5 N–H and O–H groups in total. The number of guanidine groups is 1. The predicted octanol–water partition coefficient (Wildman–Crippen LogP) is 7.37. The zero-order valence-corrected chi connectivity index (χ0v) is 24.9. The highest BCUT2D eigenvalue weighted by Gasteiger charge is 2.34. The standard InChI is InChI=1S/C31H26F3N9O2S/c32-31(33,34)24-15-25-26(14-22(24)16-35)46-29(38-25)40-30(45)43(23-12-10-20(11-13-23)19-4-2-1-3-5-19)17-18-6-8-21(9-7-18)27(44)39-28(41-36)42-37/h4,6-15,36H,1-3,5,17,37H2,(H,38,40,45)(H,39,42,44). The second kappa shape index (κ2) is 13.6. The van der Waals surface area contributed by atoms with Crippen molar-refractivity contribution in [2.24, 2.45) is 16.1 Å². The molecule has 0 bridgehead atoms. The van der Waals surface area contributed by atoms with E-state index in [2.05, 4.69) is 31.9 Å². The number of carbonyl (C=O) groups excluding carboxylic acids is 2. The molecule has 11 nitrogen and oxygen atoms in total. The van der Waals surface area contributed by atoms with E-state index in [-0.39, 0.29) is 28.7 Å². The average Bonchev–Trinajstić information content (AvgIpc) is 3.46. The Morgan fingerprint density at radius 1 is 1.11 bits per heavy atom. The summed E-state index contributed by atoms with van der Waals surface area (Å²) in [5.41, 5.74) is 9.08. The minimum Gasteiger partial charge on any atom is -0.320 e. The normalized spacial score (nSPS) is 13.4. The van der Waals surface area contributed by atoms with Crippen molar-refractivity contribution in [3.8, 4) is 6.07 Å². The van der Waals surface area contributed by atoms with Gasteiger partial charge in [-0.1, -0.05) is 41.7 Å². The van der Waals surface area contributed by atoms with Crippen LogP contribution in [-0.2, 0) is 12.7 Å². The van der Waals surface area contributed by atoms with Crippen molar-refractivity contribution in [2.45, 2.75) is 38.4 Å². The summed E-state index contributed by atoms with van der Waals surface area (Å²) in [7, 11) is 0. The minimum absolute atomic E-state index is 0.00166. The lowest BCUT2D eigenvalue weighted by Crippen LogP contribution is -2.34. The largest absolute Gasteiger partial charge is 0.417 e. The van der Waals surface area contributed by atoms with E-state index in [9.17, 15) is 28.0 Å². The molecule has 234 valence electrons. The van der Waals surface area contributed by atoms with Crippen molar-refractivity contribution < 1.29 is 22.8 Å². The first-order valence-electron chi connectivity index (χ1n) is 13.9. The highest BCUT2D eigenvalue weighted by Crippen LogP contribution is 2.37. The van der Waals surface area contributed by atoms with Crippen molar-refractivity contribution in [1.29, 1.82) is 10.8 Å². The van der Waals surface area contributed by atoms with Crippen molar-refractivity contribution in [1.82, 2.24) is 10.3 Å². The number of nitrogens with zero attached hydrogens (tertiary/aromatic N) is 5. The number of hydrogen-bond donors (Lipinski definition) is 4. The second-order valence-corrected chi connectivity index (χ2v) is 11.3. The molecule has 0 radical (unpaired) electrons. The molecule has 0 saturated heterocycles.